The molecule has 0 fully saturated rings. The maximum Gasteiger partial charge on any atom is 0.251 e. The summed E-state index contributed by atoms with van der Waals surface area (Å²) >= 11 is 0. The Morgan fingerprint density at radius 3 is 2.75 bits per heavy atom. The molecule has 0 aliphatic heterocycles. The largest absolute Gasteiger partial charge is 0.342 e. The number of fused-ring (bicyclic) bond motifs is 1. The summed E-state index contributed by atoms with van der Waals surface area (Å²) in [5.41, 5.74) is 0.610. The molecule has 1 unspecified atom stereocenters. The van der Waals surface area contributed by atoms with Gasteiger partial charge in [-0.3, -0.25) is 4.79 Å². The Kier molecular flexibility index (Phi) is 3.12. The first-order chi connectivity index (χ1) is 9.74. The van der Waals surface area contributed by atoms with Crippen LogP contribution in [-0.4, -0.2) is 26.5 Å². The van der Waals surface area contributed by atoms with Crippen molar-refractivity contribution in [1.82, 2.24) is 25.9 Å². The van der Waals surface area contributed by atoms with Crippen LogP contribution in [0.3, 0.4) is 0 Å². The average Bonchev–Trinajstić information content (AvgIpc) is 3.01. The number of amides is 1. The van der Waals surface area contributed by atoms with Gasteiger partial charge < -0.3 is 5.32 Å². The lowest BCUT2D eigenvalue weighted by Crippen LogP contribution is -2.27. The Morgan fingerprint density at radius 2 is 2.00 bits per heavy atom. The summed E-state index contributed by atoms with van der Waals surface area (Å²) < 4.78 is 0. The Morgan fingerprint density at radius 1 is 1.20 bits per heavy atom. The zero-order valence-electron chi connectivity index (χ0n) is 10.9. The van der Waals surface area contributed by atoms with E-state index in [1.165, 1.54) is 0 Å². The van der Waals surface area contributed by atoms with Crippen LogP contribution in [0.2, 0.25) is 0 Å². The second kappa shape index (κ2) is 5.08. The summed E-state index contributed by atoms with van der Waals surface area (Å²) in [6, 6.07) is 13.2. The minimum Gasteiger partial charge on any atom is -0.342 e. The number of hydrogen-bond donors (Lipinski definition) is 2. The summed E-state index contributed by atoms with van der Waals surface area (Å²) in [7, 11) is 0. The molecule has 3 aromatic rings. The predicted molar refractivity (Wildman–Crippen MR) is 74.0 cm³/mol. The molecular formula is C14H13N5O. The van der Waals surface area contributed by atoms with Crippen LogP contribution >= 0.6 is 0 Å². The van der Waals surface area contributed by atoms with Gasteiger partial charge in [-0.25, -0.2) is 0 Å². The van der Waals surface area contributed by atoms with Gasteiger partial charge >= 0.3 is 0 Å². The lowest BCUT2D eigenvalue weighted by molar-refractivity contribution is 0.0938. The van der Waals surface area contributed by atoms with Crippen LogP contribution in [0.25, 0.3) is 10.8 Å². The fraction of sp³-hybridized carbons (Fsp3) is 0.143. The summed E-state index contributed by atoms with van der Waals surface area (Å²) in [6.45, 7) is 1.81. The number of hydrogen-bond acceptors (Lipinski definition) is 4. The van der Waals surface area contributed by atoms with Crippen molar-refractivity contribution in [2.24, 2.45) is 0 Å². The standard InChI is InChI=1S/C14H13N5O/c1-9(13-16-18-19-17-13)15-14(20)12-7-6-10-4-2-3-5-11(10)8-12/h2-9H,1H3,(H,15,20)(H,16,17,18,19). The van der Waals surface area contributed by atoms with E-state index >= 15 is 0 Å². The fourth-order valence-corrected chi connectivity index (χ4v) is 2.03. The summed E-state index contributed by atoms with van der Waals surface area (Å²) in [6.07, 6.45) is 0. The molecule has 6 heteroatoms. The Hall–Kier alpha value is -2.76. The molecule has 1 amide bonds. The SMILES string of the molecule is CC(NC(=O)c1ccc2ccccc2c1)c1nn[nH]n1. The first-order valence-corrected chi connectivity index (χ1v) is 6.27. The van der Waals surface area contributed by atoms with Gasteiger partial charge in [0.2, 0.25) is 0 Å². The highest BCUT2D eigenvalue weighted by Crippen LogP contribution is 2.16. The quantitative estimate of drug-likeness (QED) is 0.758. The summed E-state index contributed by atoms with van der Waals surface area (Å²) in [4.78, 5) is 12.2. The number of H-pyrrole nitrogens is 1. The lowest BCUT2D eigenvalue weighted by atomic mass is 10.1. The van der Waals surface area contributed by atoms with E-state index in [0.717, 1.165) is 10.8 Å². The molecule has 1 aromatic heterocycles. The van der Waals surface area contributed by atoms with Crippen molar-refractivity contribution in [2.45, 2.75) is 13.0 Å². The highest BCUT2D eigenvalue weighted by atomic mass is 16.1. The third kappa shape index (κ3) is 2.35. The topological polar surface area (TPSA) is 83.6 Å². The summed E-state index contributed by atoms with van der Waals surface area (Å²) in [5.74, 6) is 0.298. The van der Waals surface area contributed by atoms with Gasteiger partial charge in [0.1, 0.15) is 0 Å². The maximum atomic E-state index is 12.2. The molecule has 0 radical (unpaired) electrons. The minimum absolute atomic E-state index is 0.159. The van der Waals surface area contributed by atoms with Gasteiger partial charge in [0, 0.05) is 5.56 Å². The number of aromatic amines is 1. The molecule has 1 heterocycles. The summed E-state index contributed by atoms with van der Waals surface area (Å²) in [5, 5.41) is 18.5. The van der Waals surface area contributed by atoms with Crippen molar-refractivity contribution in [3.8, 4) is 0 Å². The van der Waals surface area contributed by atoms with Crippen LogP contribution in [0.5, 0.6) is 0 Å². The number of aromatic nitrogens is 4. The predicted octanol–water partition coefficient (Wildman–Crippen LogP) is 1.84. The molecule has 3 rings (SSSR count). The van der Waals surface area contributed by atoms with Gasteiger partial charge in [-0.05, 0) is 29.8 Å². The third-order valence-corrected chi connectivity index (χ3v) is 3.11. The monoisotopic (exact) mass is 267 g/mol. The third-order valence-electron chi connectivity index (χ3n) is 3.11. The number of tetrazole rings is 1. The van der Waals surface area contributed by atoms with Crippen LogP contribution in [-0.2, 0) is 0 Å². The number of nitrogens with one attached hydrogen (secondary N) is 2. The highest BCUT2D eigenvalue weighted by Gasteiger charge is 2.14. The van der Waals surface area contributed by atoms with Crippen LogP contribution in [0, 0.1) is 0 Å². The van der Waals surface area contributed by atoms with Crippen molar-refractivity contribution in [3.05, 3.63) is 53.9 Å². The first kappa shape index (κ1) is 12.3. The van der Waals surface area contributed by atoms with E-state index < -0.39 is 0 Å². The molecule has 2 aromatic carbocycles. The van der Waals surface area contributed by atoms with E-state index in [1.54, 1.807) is 6.07 Å². The van der Waals surface area contributed by atoms with E-state index in [1.807, 2.05) is 43.3 Å². The normalized spacial score (nSPS) is 12.2. The first-order valence-electron chi connectivity index (χ1n) is 6.27. The minimum atomic E-state index is -0.298. The molecule has 6 nitrogen and oxygen atoms in total. The smallest absolute Gasteiger partial charge is 0.251 e. The molecule has 0 bridgehead atoms. The van der Waals surface area contributed by atoms with Crippen LogP contribution in [0.15, 0.2) is 42.5 Å². The zero-order chi connectivity index (χ0) is 13.9. The van der Waals surface area contributed by atoms with Crippen molar-refractivity contribution in [2.75, 3.05) is 0 Å². The van der Waals surface area contributed by atoms with Crippen LogP contribution in [0.4, 0.5) is 0 Å². The van der Waals surface area contributed by atoms with Crippen molar-refractivity contribution in [3.63, 3.8) is 0 Å². The second-order valence-corrected chi connectivity index (χ2v) is 4.53. The molecule has 0 spiro atoms. The Balaban J connectivity index is 1.82. The molecule has 2 N–H and O–H groups in total. The van der Waals surface area contributed by atoms with Crippen molar-refractivity contribution in [1.29, 1.82) is 0 Å². The van der Waals surface area contributed by atoms with E-state index in [4.69, 9.17) is 0 Å². The van der Waals surface area contributed by atoms with E-state index in [0.29, 0.717) is 11.4 Å². The molecular weight excluding hydrogens is 254 g/mol. The number of nitrogens with zero attached hydrogens (tertiary/aromatic N) is 3. The fourth-order valence-electron chi connectivity index (χ4n) is 2.03. The number of rotatable bonds is 3. The van der Waals surface area contributed by atoms with Crippen molar-refractivity contribution >= 4 is 16.7 Å². The number of carbonyl (C=O) groups is 1. The number of benzene rings is 2. The van der Waals surface area contributed by atoms with Crippen LogP contribution in [0.1, 0.15) is 29.1 Å². The maximum absolute atomic E-state index is 12.2. The van der Waals surface area contributed by atoms with Gasteiger partial charge in [0.15, 0.2) is 5.82 Å². The molecule has 20 heavy (non-hydrogen) atoms. The zero-order valence-corrected chi connectivity index (χ0v) is 10.9. The molecule has 100 valence electrons. The Bertz CT molecular complexity index is 738. The van der Waals surface area contributed by atoms with Gasteiger partial charge in [-0.15, -0.1) is 10.2 Å². The van der Waals surface area contributed by atoms with Crippen LogP contribution < -0.4 is 5.32 Å². The second-order valence-electron chi connectivity index (χ2n) is 4.53. The van der Waals surface area contributed by atoms with Gasteiger partial charge in [-0.2, -0.15) is 5.21 Å². The van der Waals surface area contributed by atoms with Gasteiger partial charge in [0.25, 0.3) is 5.91 Å². The lowest BCUT2D eigenvalue weighted by Gasteiger charge is -2.10. The van der Waals surface area contributed by atoms with Gasteiger partial charge in [-0.1, -0.05) is 35.5 Å². The molecule has 0 saturated heterocycles. The van der Waals surface area contributed by atoms with E-state index in [9.17, 15) is 4.79 Å². The average molecular weight is 267 g/mol. The molecule has 1 atom stereocenters. The number of carbonyl (C=O) groups excluding carboxylic acids is 1. The van der Waals surface area contributed by atoms with E-state index in [-0.39, 0.29) is 11.9 Å². The molecule has 0 saturated carbocycles. The molecule has 0 aliphatic rings. The molecule has 0 aliphatic carbocycles. The van der Waals surface area contributed by atoms with Gasteiger partial charge in [0.05, 0.1) is 6.04 Å². The highest BCUT2D eigenvalue weighted by molar-refractivity contribution is 5.98. The Labute approximate surface area is 115 Å². The van der Waals surface area contributed by atoms with E-state index in [2.05, 4.69) is 25.9 Å². The van der Waals surface area contributed by atoms with Crippen molar-refractivity contribution < 1.29 is 4.79 Å².